The number of aromatic nitrogens is 2. The van der Waals surface area contributed by atoms with Crippen LogP contribution in [-0.2, 0) is 13.5 Å². The first kappa shape index (κ1) is 16.0. The molecule has 0 aliphatic heterocycles. The molecule has 20 heavy (non-hydrogen) atoms. The number of nitrogens with two attached hydrogens (primary N) is 1. The summed E-state index contributed by atoms with van der Waals surface area (Å²) >= 11 is 0. The maximum atomic E-state index is 12.4. The van der Waals surface area contributed by atoms with Crippen molar-refractivity contribution in [1.29, 1.82) is 0 Å². The third-order valence-electron chi connectivity index (χ3n) is 3.64. The number of carbonyl (C=O) groups excluding carboxylic acids is 1. The standard InChI is InChI=1S/C13H23N5O2/c1-5-10-9(8-18(4)16-10)11(19)15-13(6-2,7-3)12(14)17-20/h8,20H,5-7H2,1-4H3,(H2,14,17)(H,15,19). The number of rotatable bonds is 6. The van der Waals surface area contributed by atoms with Gasteiger partial charge in [-0.15, -0.1) is 0 Å². The number of aryl methyl sites for hydroxylation is 2. The Balaban J connectivity index is 3.08. The van der Waals surface area contributed by atoms with Gasteiger partial charge in [-0.25, -0.2) is 0 Å². The lowest BCUT2D eigenvalue weighted by Crippen LogP contribution is -2.56. The minimum absolute atomic E-state index is 0.0118. The van der Waals surface area contributed by atoms with Gasteiger partial charge in [0.05, 0.1) is 11.3 Å². The van der Waals surface area contributed by atoms with Crippen molar-refractivity contribution in [3.8, 4) is 0 Å². The Hall–Kier alpha value is -2.05. The average molecular weight is 281 g/mol. The molecule has 1 aromatic heterocycles. The highest BCUT2D eigenvalue weighted by molar-refractivity contribution is 6.00. The van der Waals surface area contributed by atoms with Gasteiger partial charge in [0.15, 0.2) is 5.84 Å². The molecule has 0 atom stereocenters. The molecule has 0 aliphatic carbocycles. The smallest absolute Gasteiger partial charge is 0.255 e. The molecule has 0 bridgehead atoms. The molecule has 0 aromatic carbocycles. The summed E-state index contributed by atoms with van der Waals surface area (Å²) in [4.78, 5) is 12.4. The number of nitrogens with zero attached hydrogens (tertiary/aromatic N) is 3. The van der Waals surface area contributed by atoms with E-state index in [1.807, 2.05) is 20.8 Å². The van der Waals surface area contributed by atoms with Gasteiger partial charge >= 0.3 is 0 Å². The van der Waals surface area contributed by atoms with Gasteiger partial charge in [0, 0.05) is 13.2 Å². The van der Waals surface area contributed by atoms with E-state index in [2.05, 4.69) is 15.6 Å². The largest absolute Gasteiger partial charge is 0.409 e. The molecule has 7 nitrogen and oxygen atoms in total. The van der Waals surface area contributed by atoms with Gasteiger partial charge in [-0.2, -0.15) is 5.10 Å². The van der Waals surface area contributed by atoms with Crippen LogP contribution in [0.15, 0.2) is 11.4 Å². The summed E-state index contributed by atoms with van der Waals surface area (Å²) in [7, 11) is 1.77. The van der Waals surface area contributed by atoms with Crippen molar-refractivity contribution < 1.29 is 10.0 Å². The first-order valence-corrected chi connectivity index (χ1v) is 6.77. The van der Waals surface area contributed by atoms with E-state index in [1.165, 1.54) is 0 Å². The molecule has 1 aromatic rings. The van der Waals surface area contributed by atoms with Crippen LogP contribution in [-0.4, -0.2) is 32.3 Å². The molecular formula is C13H23N5O2. The van der Waals surface area contributed by atoms with Gasteiger partial charge in [0.1, 0.15) is 5.54 Å². The van der Waals surface area contributed by atoms with E-state index >= 15 is 0 Å². The lowest BCUT2D eigenvalue weighted by molar-refractivity contribution is 0.0917. The molecule has 0 aliphatic rings. The maximum absolute atomic E-state index is 12.4. The topological polar surface area (TPSA) is 106 Å². The highest BCUT2D eigenvalue weighted by atomic mass is 16.4. The second kappa shape index (κ2) is 6.40. The Morgan fingerprint density at radius 2 is 2.10 bits per heavy atom. The van der Waals surface area contributed by atoms with Crippen LogP contribution in [0.1, 0.15) is 49.7 Å². The molecule has 0 saturated heterocycles. The zero-order chi connectivity index (χ0) is 15.3. The number of oxime groups is 1. The van der Waals surface area contributed by atoms with Crippen LogP contribution < -0.4 is 11.1 Å². The molecule has 4 N–H and O–H groups in total. The van der Waals surface area contributed by atoms with Crippen LogP contribution in [0.25, 0.3) is 0 Å². The van der Waals surface area contributed by atoms with Gasteiger partial charge < -0.3 is 16.3 Å². The number of amides is 1. The van der Waals surface area contributed by atoms with Crippen molar-refractivity contribution in [3.63, 3.8) is 0 Å². The first-order chi connectivity index (χ1) is 9.43. The molecule has 7 heteroatoms. The molecule has 0 spiro atoms. The first-order valence-electron chi connectivity index (χ1n) is 6.77. The third-order valence-corrected chi connectivity index (χ3v) is 3.64. The summed E-state index contributed by atoms with van der Waals surface area (Å²) in [5, 5.41) is 19.1. The van der Waals surface area contributed by atoms with E-state index < -0.39 is 5.54 Å². The van der Waals surface area contributed by atoms with E-state index in [0.717, 1.165) is 5.69 Å². The van der Waals surface area contributed by atoms with Gasteiger partial charge in [-0.1, -0.05) is 25.9 Å². The van der Waals surface area contributed by atoms with Crippen molar-refractivity contribution in [1.82, 2.24) is 15.1 Å². The summed E-state index contributed by atoms with van der Waals surface area (Å²) in [5.41, 5.74) is 6.15. The minimum atomic E-state index is -0.841. The molecule has 0 fully saturated rings. The predicted octanol–water partition coefficient (Wildman–Crippen LogP) is 1.02. The number of hydrogen-bond donors (Lipinski definition) is 3. The third kappa shape index (κ3) is 2.92. The van der Waals surface area contributed by atoms with Crippen molar-refractivity contribution in [2.75, 3.05) is 0 Å². The fourth-order valence-corrected chi connectivity index (χ4v) is 2.22. The zero-order valence-electron chi connectivity index (χ0n) is 12.5. The van der Waals surface area contributed by atoms with Gasteiger partial charge in [0.25, 0.3) is 5.91 Å². The van der Waals surface area contributed by atoms with E-state index in [0.29, 0.717) is 24.8 Å². The minimum Gasteiger partial charge on any atom is -0.409 e. The predicted molar refractivity (Wildman–Crippen MR) is 76.8 cm³/mol. The maximum Gasteiger partial charge on any atom is 0.255 e. The van der Waals surface area contributed by atoms with Crippen LogP contribution in [0, 0.1) is 0 Å². The van der Waals surface area contributed by atoms with Crippen LogP contribution in [0.3, 0.4) is 0 Å². The normalized spacial score (nSPS) is 12.5. The zero-order valence-corrected chi connectivity index (χ0v) is 12.5. The van der Waals surface area contributed by atoms with Crippen molar-refractivity contribution in [2.45, 2.75) is 45.6 Å². The van der Waals surface area contributed by atoms with E-state index in [4.69, 9.17) is 10.9 Å². The Morgan fingerprint density at radius 1 is 1.50 bits per heavy atom. The summed E-state index contributed by atoms with van der Waals surface area (Å²) in [6, 6.07) is 0. The fourth-order valence-electron chi connectivity index (χ4n) is 2.22. The monoisotopic (exact) mass is 281 g/mol. The molecule has 112 valence electrons. The molecule has 0 saturated carbocycles. The molecule has 0 unspecified atom stereocenters. The fraction of sp³-hybridized carbons (Fsp3) is 0.615. The SMILES string of the molecule is CCc1nn(C)cc1C(=O)NC(CC)(CC)/C(N)=N/O. The Labute approximate surface area is 118 Å². The van der Waals surface area contributed by atoms with E-state index in [9.17, 15) is 4.79 Å². The Kier molecular flexibility index (Phi) is 5.12. The highest BCUT2D eigenvalue weighted by Crippen LogP contribution is 2.17. The average Bonchev–Trinajstić information content (AvgIpc) is 2.85. The van der Waals surface area contributed by atoms with Crippen LogP contribution in [0.2, 0.25) is 0 Å². The molecule has 1 rings (SSSR count). The molecule has 1 heterocycles. The molecule has 1 amide bonds. The summed E-state index contributed by atoms with van der Waals surface area (Å²) in [6.45, 7) is 5.70. The number of hydrogen-bond acceptors (Lipinski definition) is 4. The van der Waals surface area contributed by atoms with Crippen LogP contribution in [0.5, 0.6) is 0 Å². The Morgan fingerprint density at radius 3 is 2.55 bits per heavy atom. The highest BCUT2D eigenvalue weighted by Gasteiger charge is 2.34. The lowest BCUT2D eigenvalue weighted by atomic mass is 9.91. The van der Waals surface area contributed by atoms with E-state index in [1.54, 1.807) is 17.9 Å². The lowest BCUT2D eigenvalue weighted by Gasteiger charge is -2.31. The van der Waals surface area contributed by atoms with Crippen molar-refractivity contribution >= 4 is 11.7 Å². The van der Waals surface area contributed by atoms with Crippen LogP contribution in [0.4, 0.5) is 0 Å². The summed E-state index contributed by atoms with van der Waals surface area (Å²) in [5.74, 6) is -0.247. The Bertz CT molecular complexity index is 503. The number of carbonyl (C=O) groups is 1. The number of nitrogens with one attached hydrogen (secondary N) is 1. The number of amidine groups is 1. The molecular weight excluding hydrogens is 258 g/mol. The summed E-state index contributed by atoms with van der Waals surface area (Å²) < 4.78 is 1.61. The van der Waals surface area contributed by atoms with Crippen molar-refractivity contribution in [2.24, 2.45) is 17.9 Å². The van der Waals surface area contributed by atoms with Gasteiger partial charge in [-0.05, 0) is 19.3 Å². The molecule has 0 radical (unpaired) electrons. The quantitative estimate of drug-likeness (QED) is 0.313. The second-order valence-electron chi connectivity index (χ2n) is 4.75. The second-order valence-corrected chi connectivity index (χ2v) is 4.75. The van der Waals surface area contributed by atoms with Crippen molar-refractivity contribution in [3.05, 3.63) is 17.5 Å². The van der Waals surface area contributed by atoms with Gasteiger partial charge in [0.2, 0.25) is 0 Å². The van der Waals surface area contributed by atoms with Crippen LogP contribution >= 0.6 is 0 Å². The van der Waals surface area contributed by atoms with E-state index in [-0.39, 0.29) is 11.7 Å². The summed E-state index contributed by atoms with van der Waals surface area (Å²) in [6.07, 6.45) is 3.41. The van der Waals surface area contributed by atoms with Gasteiger partial charge in [-0.3, -0.25) is 9.48 Å².